The molecule has 2 aromatic carbocycles. The van der Waals surface area contributed by atoms with Gasteiger partial charge in [0.05, 0.1) is 22.1 Å². The predicted octanol–water partition coefficient (Wildman–Crippen LogP) is 5.28. The van der Waals surface area contributed by atoms with Crippen LogP contribution in [-0.2, 0) is 16.8 Å². The van der Waals surface area contributed by atoms with Crippen molar-refractivity contribution in [3.05, 3.63) is 68.9 Å². The van der Waals surface area contributed by atoms with Crippen LogP contribution in [0, 0.1) is 0 Å². The normalized spacial score (nSPS) is 24.4. The maximum absolute atomic E-state index is 13.2. The van der Waals surface area contributed by atoms with Crippen molar-refractivity contribution in [2.75, 3.05) is 31.0 Å². The monoisotopic (exact) mass is 548 g/mol. The molecule has 2 aromatic rings. The Bertz CT molecular complexity index is 1040. The zero-order valence-electron chi connectivity index (χ0n) is 17.6. The van der Waals surface area contributed by atoms with Crippen LogP contribution < -0.4 is 9.64 Å². The van der Waals surface area contributed by atoms with Gasteiger partial charge in [0.25, 0.3) is 0 Å². The lowest BCUT2D eigenvalue weighted by atomic mass is 9.69. The van der Waals surface area contributed by atoms with Gasteiger partial charge in [0.2, 0.25) is 0 Å². The Labute approximate surface area is 202 Å². The van der Waals surface area contributed by atoms with E-state index in [2.05, 4.69) is 68.8 Å². The highest BCUT2D eigenvalue weighted by atomic mass is 127. The van der Waals surface area contributed by atoms with E-state index < -0.39 is 0 Å². The van der Waals surface area contributed by atoms with Crippen molar-refractivity contribution in [3.8, 4) is 5.75 Å². The number of ketones is 1. The van der Waals surface area contributed by atoms with E-state index in [1.54, 1.807) is 7.11 Å². The average molecular weight is 549 g/mol. The van der Waals surface area contributed by atoms with Crippen LogP contribution >= 0.6 is 34.2 Å². The largest absolute Gasteiger partial charge is 0.497 e. The minimum Gasteiger partial charge on any atom is -0.497 e. The summed E-state index contributed by atoms with van der Waals surface area (Å²) in [5, 5.41) is 0. The fourth-order valence-electron chi connectivity index (χ4n) is 5.74. The first-order valence-corrected chi connectivity index (χ1v) is 12.4. The number of methoxy groups -OCH3 is 1. The molecule has 31 heavy (non-hydrogen) atoms. The first-order chi connectivity index (χ1) is 15.1. The van der Waals surface area contributed by atoms with Gasteiger partial charge in [0.1, 0.15) is 5.75 Å². The van der Waals surface area contributed by atoms with Gasteiger partial charge in [-0.15, -0.1) is 11.6 Å². The average Bonchev–Trinajstić information content (AvgIpc) is 3.30. The fourth-order valence-corrected chi connectivity index (χ4v) is 6.90. The Hall–Kier alpha value is -1.73. The molecule has 2 heterocycles. The minimum atomic E-state index is -0.111. The second kappa shape index (κ2) is 8.32. The molecular weight excluding hydrogens is 523 g/mol. The maximum atomic E-state index is 13.2. The van der Waals surface area contributed by atoms with Gasteiger partial charge in [-0.05, 0) is 64.8 Å². The second-order valence-electron chi connectivity index (χ2n) is 8.55. The van der Waals surface area contributed by atoms with Gasteiger partial charge in [-0.1, -0.05) is 30.3 Å². The first-order valence-electron chi connectivity index (χ1n) is 10.8. The van der Waals surface area contributed by atoms with Crippen molar-refractivity contribution in [3.63, 3.8) is 0 Å². The van der Waals surface area contributed by atoms with Crippen LogP contribution in [0.1, 0.15) is 30.4 Å². The van der Waals surface area contributed by atoms with Gasteiger partial charge in [-0.2, -0.15) is 0 Å². The Morgan fingerprint density at radius 2 is 1.97 bits per heavy atom. The summed E-state index contributed by atoms with van der Waals surface area (Å²) in [6.45, 7) is 2.67. The molecule has 0 unspecified atom stereocenters. The number of allylic oxidation sites excluding steroid dienone is 1. The van der Waals surface area contributed by atoms with E-state index in [4.69, 9.17) is 16.3 Å². The number of hydrogen-bond acceptors (Lipinski definition) is 4. The van der Waals surface area contributed by atoms with Crippen molar-refractivity contribution in [2.24, 2.45) is 0 Å². The molecule has 1 aliphatic carbocycles. The molecule has 0 radical (unpaired) electrons. The van der Waals surface area contributed by atoms with Gasteiger partial charge < -0.3 is 14.5 Å². The summed E-state index contributed by atoms with van der Waals surface area (Å²) in [7, 11) is 1.69. The molecule has 0 N–H and O–H groups in total. The van der Waals surface area contributed by atoms with E-state index in [0.717, 1.165) is 41.8 Å². The van der Waals surface area contributed by atoms with Crippen molar-refractivity contribution in [2.45, 2.75) is 37.3 Å². The Kier molecular flexibility index (Phi) is 5.67. The molecule has 0 bridgehead atoms. The number of rotatable bonds is 6. The van der Waals surface area contributed by atoms with E-state index >= 15 is 0 Å². The summed E-state index contributed by atoms with van der Waals surface area (Å²) < 4.78 is 6.25. The fraction of sp³-hybridized carbons (Fsp3) is 0.400. The number of alkyl halides is 1. The van der Waals surface area contributed by atoms with Crippen LogP contribution in [0.5, 0.6) is 5.75 Å². The number of ether oxygens (including phenoxy) is 1. The number of carbonyl (C=O) groups is 1. The Balaban J connectivity index is 1.59. The quantitative estimate of drug-likeness (QED) is 0.364. The van der Waals surface area contributed by atoms with Crippen molar-refractivity contribution in [1.29, 1.82) is 0 Å². The third kappa shape index (κ3) is 3.27. The SMILES string of the molecule is COc1ccc(CN2c3ccccc3[C@]34CCN(CCCCl)C3=C(I)C(=O)C[C@H]24)cc1. The summed E-state index contributed by atoms with van der Waals surface area (Å²) in [5.41, 5.74) is 4.99. The van der Waals surface area contributed by atoms with E-state index in [0.29, 0.717) is 12.3 Å². The van der Waals surface area contributed by atoms with E-state index in [1.165, 1.54) is 22.5 Å². The molecule has 1 fully saturated rings. The molecule has 0 saturated carbocycles. The molecule has 2 atom stereocenters. The molecule has 1 spiro atoms. The summed E-state index contributed by atoms with van der Waals surface area (Å²) in [6, 6.07) is 17.2. The Morgan fingerprint density at radius 1 is 1.19 bits per heavy atom. The summed E-state index contributed by atoms with van der Waals surface area (Å²) >= 11 is 8.32. The minimum absolute atomic E-state index is 0.111. The van der Waals surface area contributed by atoms with Crippen LogP contribution in [0.25, 0.3) is 0 Å². The van der Waals surface area contributed by atoms with Crippen molar-refractivity contribution in [1.82, 2.24) is 4.90 Å². The zero-order valence-corrected chi connectivity index (χ0v) is 20.5. The number of para-hydroxylation sites is 1. The number of halogens is 2. The van der Waals surface area contributed by atoms with Crippen LogP contribution in [0.2, 0.25) is 0 Å². The third-order valence-corrected chi connectivity index (χ3v) is 8.44. The summed E-state index contributed by atoms with van der Waals surface area (Å²) in [6.07, 6.45) is 2.54. The van der Waals surface area contributed by atoms with Gasteiger partial charge in [0.15, 0.2) is 5.78 Å². The molecule has 1 saturated heterocycles. The molecule has 0 aromatic heterocycles. The number of benzene rings is 2. The van der Waals surface area contributed by atoms with Gasteiger partial charge in [0, 0.05) is 43.3 Å². The lowest BCUT2D eigenvalue weighted by Crippen LogP contribution is -2.49. The van der Waals surface area contributed by atoms with E-state index in [1.807, 2.05) is 12.1 Å². The molecule has 0 amide bonds. The highest BCUT2D eigenvalue weighted by Gasteiger charge is 2.60. The first kappa shape index (κ1) is 21.1. The highest BCUT2D eigenvalue weighted by Crippen LogP contribution is 2.60. The van der Waals surface area contributed by atoms with E-state index in [-0.39, 0.29) is 17.2 Å². The number of likely N-dealkylation sites (tertiary alicyclic amines) is 1. The third-order valence-electron chi connectivity index (χ3n) is 7.06. The second-order valence-corrected chi connectivity index (χ2v) is 10.0. The van der Waals surface area contributed by atoms with Crippen LogP contribution in [-0.4, -0.2) is 42.8 Å². The summed E-state index contributed by atoms with van der Waals surface area (Å²) in [5.74, 6) is 1.77. The van der Waals surface area contributed by atoms with Crippen LogP contribution in [0.4, 0.5) is 5.69 Å². The Morgan fingerprint density at radius 3 is 2.71 bits per heavy atom. The molecule has 3 aliphatic rings. The topological polar surface area (TPSA) is 32.8 Å². The molecule has 162 valence electrons. The summed E-state index contributed by atoms with van der Waals surface area (Å²) in [4.78, 5) is 18.1. The maximum Gasteiger partial charge on any atom is 0.172 e. The van der Waals surface area contributed by atoms with Crippen LogP contribution in [0.15, 0.2) is 57.8 Å². The zero-order chi connectivity index (χ0) is 21.6. The van der Waals surface area contributed by atoms with Gasteiger partial charge in [-0.25, -0.2) is 0 Å². The lowest BCUT2D eigenvalue weighted by molar-refractivity contribution is -0.116. The van der Waals surface area contributed by atoms with Crippen molar-refractivity contribution >= 4 is 45.7 Å². The standard InChI is InChI=1S/C25H26ClIN2O2/c1-31-18-9-7-17(8-10-18)16-29-20-6-3-2-5-19(20)25-11-14-28(13-4-12-26)24(25)23(27)21(30)15-22(25)29/h2-3,5-10,22H,4,11-16H2,1H3/t22-,25-/m0/s1. The number of nitrogens with zero attached hydrogens (tertiary/aromatic N) is 2. The van der Waals surface area contributed by atoms with Crippen LogP contribution in [0.3, 0.4) is 0 Å². The number of carbonyl (C=O) groups excluding carboxylic acids is 1. The number of Topliss-reactive ketones (excluding diaryl/α,β-unsaturated/α-hetero) is 1. The molecule has 6 heteroatoms. The van der Waals surface area contributed by atoms with Crippen molar-refractivity contribution < 1.29 is 9.53 Å². The molecule has 5 rings (SSSR count). The van der Waals surface area contributed by atoms with E-state index in [9.17, 15) is 4.79 Å². The lowest BCUT2D eigenvalue weighted by Gasteiger charge is -2.42. The van der Waals surface area contributed by atoms with Gasteiger partial charge in [-0.3, -0.25) is 4.79 Å². The smallest absolute Gasteiger partial charge is 0.172 e. The van der Waals surface area contributed by atoms with Gasteiger partial charge >= 0.3 is 0 Å². The highest BCUT2D eigenvalue weighted by molar-refractivity contribution is 14.1. The number of fused-ring (bicyclic) bond motifs is 1. The molecule has 4 nitrogen and oxygen atoms in total. The predicted molar refractivity (Wildman–Crippen MR) is 133 cm³/mol. The molecular formula is C25H26ClIN2O2. The number of anilines is 1. The molecule has 2 aliphatic heterocycles. The number of hydrogen-bond donors (Lipinski definition) is 0.